The molecule has 0 amide bonds. The molecule has 9 aromatic carbocycles. The van der Waals surface area contributed by atoms with Crippen LogP contribution in [0.15, 0.2) is 187 Å². The van der Waals surface area contributed by atoms with E-state index in [9.17, 15) is 0 Å². The molecular formula is C50H32N2S. The summed E-state index contributed by atoms with van der Waals surface area (Å²) in [5, 5.41) is 10.0. The van der Waals surface area contributed by atoms with Crippen molar-refractivity contribution in [2.24, 2.45) is 4.99 Å². The molecule has 3 heteroatoms. The van der Waals surface area contributed by atoms with Gasteiger partial charge in [-0.2, -0.15) is 0 Å². The zero-order valence-corrected chi connectivity index (χ0v) is 29.6. The number of hydrogen-bond donors (Lipinski definition) is 0. The molecule has 0 saturated heterocycles. The molecule has 0 atom stereocenters. The summed E-state index contributed by atoms with van der Waals surface area (Å²) in [4.78, 5) is 7.75. The predicted molar refractivity (Wildman–Crippen MR) is 228 cm³/mol. The maximum absolute atomic E-state index is 5.34. The first-order chi connectivity index (χ1) is 26.3. The lowest BCUT2D eigenvalue weighted by Crippen LogP contribution is -2.10. The summed E-state index contributed by atoms with van der Waals surface area (Å²) in [5.74, 6) is 0. The van der Waals surface area contributed by atoms with Crippen LogP contribution in [0.25, 0.3) is 63.6 Å². The molecule has 0 fully saturated rings. The largest absolute Gasteiger partial charge is 0.310 e. The number of hydrogen-bond acceptors (Lipinski definition) is 3. The van der Waals surface area contributed by atoms with E-state index in [4.69, 9.17) is 4.99 Å². The van der Waals surface area contributed by atoms with Crippen molar-refractivity contribution in [3.63, 3.8) is 0 Å². The first-order valence-corrected chi connectivity index (χ1v) is 19.0. The summed E-state index contributed by atoms with van der Waals surface area (Å²) in [6.45, 7) is 0. The van der Waals surface area contributed by atoms with Crippen molar-refractivity contribution in [3.05, 3.63) is 193 Å². The third-order valence-corrected chi connectivity index (χ3v) is 12.0. The van der Waals surface area contributed by atoms with Crippen LogP contribution >= 0.6 is 11.3 Å². The molecule has 53 heavy (non-hydrogen) atoms. The molecule has 2 nitrogen and oxygen atoms in total. The van der Waals surface area contributed by atoms with Crippen molar-refractivity contribution in [1.29, 1.82) is 0 Å². The summed E-state index contributed by atoms with van der Waals surface area (Å²) in [6, 6.07) is 66.3. The van der Waals surface area contributed by atoms with E-state index in [1.54, 1.807) is 0 Å². The normalized spacial score (nSPS) is 12.6. The highest BCUT2D eigenvalue weighted by atomic mass is 32.1. The maximum atomic E-state index is 5.34. The molecule has 0 radical (unpaired) electrons. The lowest BCUT2D eigenvalue weighted by Gasteiger charge is -2.27. The second-order valence-electron chi connectivity index (χ2n) is 13.9. The average molecular weight is 693 g/mol. The molecule has 0 spiro atoms. The van der Waals surface area contributed by atoms with E-state index < -0.39 is 0 Å². The van der Waals surface area contributed by atoms with E-state index in [1.165, 1.54) is 74.7 Å². The smallest absolute Gasteiger partial charge is 0.0747 e. The van der Waals surface area contributed by atoms with Gasteiger partial charge in [-0.25, -0.2) is 0 Å². The fourth-order valence-corrected chi connectivity index (χ4v) is 9.61. The Labute approximate surface area is 311 Å². The van der Waals surface area contributed by atoms with Crippen molar-refractivity contribution in [2.75, 3.05) is 4.90 Å². The maximum Gasteiger partial charge on any atom is 0.0747 e. The number of benzene rings is 9. The monoisotopic (exact) mass is 692 g/mol. The Kier molecular flexibility index (Phi) is 6.83. The van der Waals surface area contributed by atoms with Crippen LogP contribution in [-0.2, 0) is 6.42 Å². The second-order valence-corrected chi connectivity index (χ2v) is 15.0. The van der Waals surface area contributed by atoms with E-state index in [1.807, 2.05) is 11.3 Å². The molecule has 0 N–H and O–H groups in total. The Bertz CT molecular complexity index is 3090. The van der Waals surface area contributed by atoms with Gasteiger partial charge >= 0.3 is 0 Å². The number of para-hydroxylation sites is 1. The minimum absolute atomic E-state index is 0.838. The quantitative estimate of drug-likeness (QED) is 0.164. The lowest BCUT2D eigenvalue weighted by molar-refractivity contribution is 1.30. The highest BCUT2D eigenvalue weighted by molar-refractivity contribution is 7.25. The molecule has 0 saturated carbocycles. The molecule has 2 heterocycles. The molecule has 10 aromatic rings. The van der Waals surface area contributed by atoms with Gasteiger partial charge in [0.2, 0.25) is 0 Å². The topological polar surface area (TPSA) is 15.6 Å². The van der Waals surface area contributed by atoms with Crippen LogP contribution < -0.4 is 4.90 Å². The van der Waals surface area contributed by atoms with Crippen molar-refractivity contribution < 1.29 is 0 Å². The summed E-state index contributed by atoms with van der Waals surface area (Å²) >= 11 is 1.87. The fourth-order valence-electron chi connectivity index (χ4n) is 8.48. The second kappa shape index (κ2) is 12.0. The number of rotatable bonds is 5. The summed E-state index contributed by atoms with van der Waals surface area (Å²) < 4.78 is 2.64. The number of anilines is 3. The van der Waals surface area contributed by atoms with Crippen LogP contribution in [0.5, 0.6) is 0 Å². The predicted octanol–water partition coefficient (Wildman–Crippen LogP) is 14.3. The van der Waals surface area contributed by atoms with Crippen molar-refractivity contribution in [2.45, 2.75) is 6.42 Å². The fraction of sp³-hybridized carbons (Fsp3) is 0.0200. The molecule has 0 aliphatic carbocycles. The van der Waals surface area contributed by atoms with E-state index in [0.717, 1.165) is 34.9 Å². The first kappa shape index (κ1) is 30.1. The molecular weight excluding hydrogens is 661 g/mol. The van der Waals surface area contributed by atoms with Crippen molar-refractivity contribution >= 4 is 92.3 Å². The molecule has 1 aliphatic heterocycles. The van der Waals surface area contributed by atoms with E-state index in [0.29, 0.717) is 0 Å². The van der Waals surface area contributed by atoms with Gasteiger partial charge in [-0.1, -0.05) is 140 Å². The zero-order chi connectivity index (χ0) is 34.9. The van der Waals surface area contributed by atoms with Gasteiger partial charge in [0.1, 0.15) is 0 Å². The molecule has 0 bridgehead atoms. The molecule has 248 valence electrons. The van der Waals surface area contributed by atoms with Gasteiger partial charge in [0, 0.05) is 54.3 Å². The van der Waals surface area contributed by atoms with Crippen LogP contribution in [-0.4, -0.2) is 5.71 Å². The molecule has 1 aliphatic rings. The van der Waals surface area contributed by atoms with Gasteiger partial charge in [-0.15, -0.1) is 11.3 Å². The molecule has 11 rings (SSSR count). The van der Waals surface area contributed by atoms with Gasteiger partial charge in [0.15, 0.2) is 0 Å². The van der Waals surface area contributed by atoms with Crippen LogP contribution in [0.1, 0.15) is 11.1 Å². The van der Waals surface area contributed by atoms with Gasteiger partial charge in [0.25, 0.3) is 0 Å². The van der Waals surface area contributed by atoms with Gasteiger partial charge in [-0.3, -0.25) is 4.99 Å². The van der Waals surface area contributed by atoms with Gasteiger partial charge in [-0.05, 0) is 80.7 Å². The third-order valence-electron chi connectivity index (χ3n) is 10.9. The molecule has 0 unspecified atom stereocenters. The van der Waals surface area contributed by atoms with E-state index in [2.05, 4.69) is 187 Å². The Balaban J connectivity index is 1.07. The van der Waals surface area contributed by atoms with Crippen LogP contribution in [0.3, 0.4) is 0 Å². The van der Waals surface area contributed by atoms with E-state index >= 15 is 0 Å². The summed E-state index contributed by atoms with van der Waals surface area (Å²) in [7, 11) is 0. The number of fused-ring (bicyclic) bond motifs is 9. The van der Waals surface area contributed by atoms with Crippen LogP contribution in [0.4, 0.5) is 22.7 Å². The summed E-state index contributed by atoms with van der Waals surface area (Å²) in [6.07, 6.45) is 0.838. The Morgan fingerprint density at radius 3 is 2.06 bits per heavy atom. The number of nitrogens with zero attached hydrogens (tertiary/aromatic N) is 2. The minimum atomic E-state index is 0.838. The highest BCUT2D eigenvalue weighted by Crippen LogP contribution is 2.46. The zero-order valence-electron chi connectivity index (χ0n) is 28.8. The minimum Gasteiger partial charge on any atom is -0.310 e. The number of thiophene rings is 1. The van der Waals surface area contributed by atoms with Crippen LogP contribution in [0, 0.1) is 0 Å². The third kappa shape index (κ3) is 4.82. The van der Waals surface area contributed by atoms with Crippen LogP contribution in [0.2, 0.25) is 0 Å². The number of aliphatic imine (C=N–C) groups is 1. The molecule has 1 aromatic heterocycles. The Morgan fingerprint density at radius 1 is 0.453 bits per heavy atom. The average Bonchev–Trinajstić information content (AvgIpc) is 3.84. The Hall–Kier alpha value is -6.55. The SMILES string of the molecule is c1ccc(N(c2cccc(-c3cccc4sc5ccccc5c34)c2)c2cccc3c2ccc2c4c(ccc23)CC(c2cccc3ccccc23)=N4)cc1. The van der Waals surface area contributed by atoms with Gasteiger partial charge in [0.05, 0.1) is 17.1 Å². The summed E-state index contributed by atoms with van der Waals surface area (Å²) in [5.41, 5.74) is 10.6. The van der Waals surface area contributed by atoms with E-state index in [-0.39, 0.29) is 0 Å². The standard InChI is InChI=1S/C50H32N2S/c1-2-15-35(16-3-1)52(36-17-8-14-33(30-36)38-20-11-25-48-49(38)44-19-6-7-24-47(44)53-48)46-23-10-21-39-40-27-26-34-31-45(51-50(34)43(40)29-28-42(39)46)41-22-9-13-32-12-4-5-18-37(32)41/h1-30H,31H2. The first-order valence-electron chi connectivity index (χ1n) is 18.2. The van der Waals surface area contributed by atoms with Crippen molar-refractivity contribution in [1.82, 2.24) is 0 Å². The van der Waals surface area contributed by atoms with Gasteiger partial charge < -0.3 is 4.90 Å². The highest BCUT2D eigenvalue weighted by Gasteiger charge is 2.22. The van der Waals surface area contributed by atoms with Crippen molar-refractivity contribution in [3.8, 4) is 11.1 Å². The lowest BCUT2D eigenvalue weighted by atomic mass is 9.95. The Morgan fingerprint density at radius 2 is 1.11 bits per heavy atom.